The molecule has 0 radical (unpaired) electrons. The van der Waals surface area contributed by atoms with Crippen LogP contribution in [0.25, 0.3) is 17.2 Å². The van der Waals surface area contributed by atoms with Crippen molar-refractivity contribution in [3.8, 4) is 23.0 Å². The molecule has 0 saturated heterocycles. The molecule has 0 N–H and O–H groups in total. The summed E-state index contributed by atoms with van der Waals surface area (Å²) in [6.45, 7) is 0. The Balaban J connectivity index is 1.95. The van der Waals surface area contributed by atoms with Gasteiger partial charge in [-0.25, -0.2) is 14.5 Å². The van der Waals surface area contributed by atoms with Crippen LogP contribution in [0.15, 0.2) is 40.0 Å². The molecule has 8 heteroatoms. The second-order valence-electron chi connectivity index (χ2n) is 4.06. The van der Waals surface area contributed by atoms with Gasteiger partial charge in [-0.05, 0) is 12.1 Å². The van der Waals surface area contributed by atoms with Crippen LogP contribution < -0.4 is 10.5 Å². The first-order chi connectivity index (χ1) is 9.69. The lowest BCUT2D eigenvalue weighted by Crippen LogP contribution is -2.10. The molecule has 3 rings (SSSR count). The maximum atomic E-state index is 11.2. The topological polar surface area (TPSA) is 88.0 Å². The number of hydrogen-bond donors (Lipinski definition) is 0. The third kappa shape index (κ3) is 1.96. The summed E-state index contributed by atoms with van der Waals surface area (Å²) in [5.41, 5.74) is 0.682. The summed E-state index contributed by atoms with van der Waals surface area (Å²) >= 11 is 0. The number of pyridine rings is 1. The molecule has 0 aromatic carbocycles. The van der Waals surface area contributed by atoms with Crippen LogP contribution in [-0.4, -0.2) is 31.6 Å². The van der Waals surface area contributed by atoms with Crippen LogP contribution in [0.3, 0.4) is 0 Å². The maximum Gasteiger partial charge on any atom is 0.441 e. The van der Waals surface area contributed by atoms with E-state index in [9.17, 15) is 4.79 Å². The number of aromatic nitrogens is 5. The van der Waals surface area contributed by atoms with Gasteiger partial charge in [0.1, 0.15) is 0 Å². The van der Waals surface area contributed by atoms with Gasteiger partial charge in [-0.3, -0.25) is 9.09 Å². The van der Waals surface area contributed by atoms with Gasteiger partial charge in [0.25, 0.3) is 0 Å². The van der Waals surface area contributed by atoms with Crippen molar-refractivity contribution in [1.29, 1.82) is 0 Å². The van der Waals surface area contributed by atoms with Crippen LogP contribution in [0.4, 0.5) is 0 Å². The lowest BCUT2D eigenvalue weighted by molar-refractivity contribution is 0.380. The Bertz CT molecular complexity index is 784. The largest absolute Gasteiger partial charge is 0.493 e. The first-order valence-corrected chi connectivity index (χ1v) is 5.77. The third-order valence-electron chi connectivity index (χ3n) is 2.84. The molecule has 102 valence electrons. The first-order valence-electron chi connectivity index (χ1n) is 5.77. The Morgan fingerprint density at radius 1 is 1.30 bits per heavy atom. The van der Waals surface area contributed by atoms with Crippen molar-refractivity contribution >= 4 is 0 Å². The van der Waals surface area contributed by atoms with E-state index in [0.29, 0.717) is 23.0 Å². The summed E-state index contributed by atoms with van der Waals surface area (Å²) in [4.78, 5) is 15.5. The van der Waals surface area contributed by atoms with Crippen LogP contribution in [0.2, 0.25) is 0 Å². The first kappa shape index (κ1) is 12.2. The number of hydrogen-bond acceptors (Lipinski definition) is 6. The van der Waals surface area contributed by atoms with Gasteiger partial charge < -0.3 is 4.74 Å². The zero-order valence-electron chi connectivity index (χ0n) is 10.8. The lowest BCUT2D eigenvalue weighted by Gasteiger charge is -2.02. The van der Waals surface area contributed by atoms with Crippen molar-refractivity contribution in [3.63, 3.8) is 0 Å². The molecule has 3 aromatic rings. The summed E-state index contributed by atoms with van der Waals surface area (Å²) in [5.74, 6) is 1.19. The molecule has 0 fully saturated rings. The van der Waals surface area contributed by atoms with Crippen molar-refractivity contribution in [2.24, 2.45) is 7.05 Å². The molecular weight excluding hydrogens is 262 g/mol. The van der Waals surface area contributed by atoms with Crippen LogP contribution in [-0.2, 0) is 7.05 Å². The average Bonchev–Trinajstić information content (AvgIpc) is 3.08. The molecule has 0 amide bonds. The normalized spacial score (nSPS) is 10.7. The summed E-state index contributed by atoms with van der Waals surface area (Å²) in [6.07, 6.45) is 4.91. The minimum Gasteiger partial charge on any atom is -0.493 e. The molecule has 3 aromatic heterocycles. The molecule has 0 unspecified atom stereocenters. The van der Waals surface area contributed by atoms with Crippen molar-refractivity contribution in [2.45, 2.75) is 0 Å². The second kappa shape index (κ2) is 4.65. The van der Waals surface area contributed by atoms with Gasteiger partial charge in [0.15, 0.2) is 17.4 Å². The summed E-state index contributed by atoms with van der Waals surface area (Å²) < 4.78 is 12.5. The molecule has 20 heavy (non-hydrogen) atoms. The summed E-state index contributed by atoms with van der Waals surface area (Å²) in [5, 5.41) is 7.82. The van der Waals surface area contributed by atoms with E-state index in [4.69, 9.17) is 4.74 Å². The van der Waals surface area contributed by atoms with Gasteiger partial charge in [0.2, 0.25) is 0 Å². The SMILES string of the molecule is COc1cnn(-c2ccc(-c3noc(=O)n3C)cn2)c1. The Morgan fingerprint density at radius 3 is 2.70 bits per heavy atom. The van der Waals surface area contributed by atoms with Crippen molar-refractivity contribution in [1.82, 2.24) is 24.5 Å². The molecular formula is C12H11N5O3. The van der Waals surface area contributed by atoms with Crippen molar-refractivity contribution < 1.29 is 9.26 Å². The standard InChI is InChI=1S/C12H11N5O3/c1-16-11(15-20-12(16)18)8-3-4-10(13-5-8)17-7-9(19-2)6-14-17/h3-7H,1-2H3. The third-order valence-corrected chi connectivity index (χ3v) is 2.84. The van der Waals surface area contributed by atoms with E-state index in [1.807, 2.05) is 0 Å². The smallest absolute Gasteiger partial charge is 0.441 e. The van der Waals surface area contributed by atoms with E-state index >= 15 is 0 Å². The van der Waals surface area contributed by atoms with Crippen molar-refractivity contribution in [2.75, 3.05) is 7.11 Å². The number of rotatable bonds is 3. The van der Waals surface area contributed by atoms with Crippen LogP contribution >= 0.6 is 0 Å². The van der Waals surface area contributed by atoms with E-state index in [0.717, 1.165) is 0 Å². The van der Waals surface area contributed by atoms with E-state index in [2.05, 4.69) is 19.8 Å². The van der Waals surface area contributed by atoms with Crippen molar-refractivity contribution in [3.05, 3.63) is 41.3 Å². The Labute approximate surface area is 113 Å². The van der Waals surface area contributed by atoms with Crippen LogP contribution in [0, 0.1) is 0 Å². The van der Waals surface area contributed by atoms with E-state index in [-0.39, 0.29) is 0 Å². The molecule has 0 aliphatic heterocycles. The summed E-state index contributed by atoms with van der Waals surface area (Å²) in [6, 6.07) is 3.55. The molecule has 8 nitrogen and oxygen atoms in total. The fourth-order valence-corrected chi connectivity index (χ4v) is 1.73. The lowest BCUT2D eigenvalue weighted by atomic mass is 10.2. The van der Waals surface area contributed by atoms with Gasteiger partial charge in [-0.2, -0.15) is 5.10 Å². The Hall–Kier alpha value is -2.90. The zero-order valence-corrected chi connectivity index (χ0v) is 10.8. The van der Waals surface area contributed by atoms with Gasteiger partial charge in [-0.15, -0.1) is 0 Å². The highest BCUT2D eigenvalue weighted by Gasteiger charge is 2.10. The molecule has 0 aliphatic carbocycles. The van der Waals surface area contributed by atoms with Gasteiger partial charge in [0, 0.05) is 18.8 Å². The van der Waals surface area contributed by atoms with E-state index in [1.165, 1.54) is 4.57 Å². The minimum atomic E-state index is -0.513. The highest BCUT2D eigenvalue weighted by atomic mass is 16.5. The fourth-order valence-electron chi connectivity index (χ4n) is 1.73. The molecule has 0 atom stereocenters. The number of methoxy groups -OCH3 is 1. The van der Waals surface area contributed by atoms with E-state index < -0.39 is 5.76 Å². The zero-order chi connectivity index (χ0) is 14.1. The molecule has 3 heterocycles. The minimum absolute atomic E-state index is 0.423. The average molecular weight is 273 g/mol. The maximum absolute atomic E-state index is 11.2. The highest BCUT2D eigenvalue weighted by molar-refractivity contribution is 5.54. The number of nitrogens with zero attached hydrogens (tertiary/aromatic N) is 5. The molecule has 0 aliphatic rings. The fraction of sp³-hybridized carbons (Fsp3) is 0.167. The number of ether oxygens (including phenoxy) is 1. The van der Waals surface area contributed by atoms with Gasteiger partial charge in [0.05, 0.1) is 19.5 Å². The van der Waals surface area contributed by atoms with Crippen LogP contribution in [0.1, 0.15) is 0 Å². The highest BCUT2D eigenvalue weighted by Crippen LogP contribution is 2.16. The van der Waals surface area contributed by atoms with E-state index in [1.54, 1.807) is 49.6 Å². The quantitative estimate of drug-likeness (QED) is 0.695. The summed E-state index contributed by atoms with van der Waals surface area (Å²) in [7, 11) is 3.16. The predicted molar refractivity (Wildman–Crippen MR) is 68.6 cm³/mol. The Kier molecular flexibility index (Phi) is 2.82. The second-order valence-corrected chi connectivity index (χ2v) is 4.06. The monoisotopic (exact) mass is 273 g/mol. The Morgan fingerprint density at radius 2 is 2.15 bits per heavy atom. The predicted octanol–water partition coefficient (Wildman–Crippen LogP) is 0.630. The van der Waals surface area contributed by atoms with Gasteiger partial charge >= 0.3 is 5.76 Å². The molecule has 0 bridgehead atoms. The molecule has 0 saturated carbocycles. The molecule has 0 spiro atoms. The van der Waals surface area contributed by atoms with Gasteiger partial charge in [-0.1, -0.05) is 5.16 Å². The van der Waals surface area contributed by atoms with Crippen LogP contribution in [0.5, 0.6) is 5.75 Å².